The Morgan fingerprint density at radius 1 is 1.25 bits per heavy atom. The number of piperazine rings is 1. The summed E-state index contributed by atoms with van der Waals surface area (Å²) in [6, 6.07) is 1.79. The molecule has 10 heteroatoms. The molecule has 0 radical (unpaired) electrons. The molecule has 0 bridgehead atoms. The lowest BCUT2D eigenvalue weighted by Gasteiger charge is -2.35. The number of rotatable bonds is 5. The van der Waals surface area contributed by atoms with Gasteiger partial charge in [-0.1, -0.05) is 0 Å². The van der Waals surface area contributed by atoms with Gasteiger partial charge in [0.25, 0.3) is 0 Å². The van der Waals surface area contributed by atoms with Crippen LogP contribution in [0.5, 0.6) is 0 Å². The molecule has 8 nitrogen and oxygen atoms in total. The van der Waals surface area contributed by atoms with Crippen LogP contribution < -0.4 is 10.6 Å². The van der Waals surface area contributed by atoms with Crippen molar-refractivity contribution in [2.24, 2.45) is 10.7 Å². The molecular formula is C14H25IN6O2S. The second-order valence-electron chi connectivity index (χ2n) is 5.68. The van der Waals surface area contributed by atoms with Crippen LogP contribution >= 0.6 is 24.0 Å². The van der Waals surface area contributed by atoms with E-state index in [0.29, 0.717) is 25.0 Å². The van der Waals surface area contributed by atoms with Crippen molar-refractivity contribution in [3.8, 4) is 0 Å². The number of aromatic nitrogens is 2. The third-order valence-electron chi connectivity index (χ3n) is 3.81. The summed E-state index contributed by atoms with van der Waals surface area (Å²) in [7, 11) is -3.08. The highest BCUT2D eigenvalue weighted by atomic mass is 127. The second-order valence-corrected chi connectivity index (χ2v) is 8.36. The minimum Gasteiger partial charge on any atom is -0.370 e. The zero-order valence-corrected chi connectivity index (χ0v) is 17.1. The standard InChI is InChI=1S/C14H24N6O2S.HI/c1-12(2)23(21,22)11-6-16-13(15)19-7-9-20(10-8-19)14-17-4-3-5-18-14;/h3-5,12H,6-11H2,1-2H3,(H2,15,16);1H. The molecule has 2 heterocycles. The number of guanidine groups is 1. The Morgan fingerprint density at radius 2 is 1.83 bits per heavy atom. The molecule has 1 aliphatic rings. The van der Waals surface area contributed by atoms with Crippen molar-refractivity contribution in [1.82, 2.24) is 14.9 Å². The molecule has 0 atom stereocenters. The van der Waals surface area contributed by atoms with Gasteiger partial charge in [0.15, 0.2) is 15.8 Å². The molecule has 0 unspecified atom stereocenters. The van der Waals surface area contributed by atoms with Crippen molar-refractivity contribution in [3.05, 3.63) is 18.5 Å². The minimum absolute atomic E-state index is 0. The minimum atomic E-state index is -3.08. The molecule has 1 aromatic heterocycles. The van der Waals surface area contributed by atoms with Gasteiger partial charge in [0.2, 0.25) is 5.95 Å². The molecule has 2 rings (SSSR count). The summed E-state index contributed by atoms with van der Waals surface area (Å²) in [6.07, 6.45) is 3.44. The first-order chi connectivity index (χ1) is 10.9. The first-order valence-corrected chi connectivity index (χ1v) is 9.40. The molecule has 136 valence electrons. The summed E-state index contributed by atoms with van der Waals surface area (Å²) < 4.78 is 23.5. The number of anilines is 1. The van der Waals surface area contributed by atoms with Crippen LogP contribution in [0.25, 0.3) is 0 Å². The molecule has 24 heavy (non-hydrogen) atoms. The summed E-state index contributed by atoms with van der Waals surface area (Å²) in [5.41, 5.74) is 5.97. The lowest BCUT2D eigenvalue weighted by atomic mass is 10.3. The molecule has 2 N–H and O–H groups in total. The second kappa shape index (κ2) is 9.35. The zero-order valence-electron chi connectivity index (χ0n) is 14.0. The Labute approximate surface area is 160 Å². The molecule has 0 saturated carbocycles. The number of sulfone groups is 1. The Hall–Kier alpha value is -1.17. The molecule has 0 aromatic carbocycles. The molecular weight excluding hydrogens is 443 g/mol. The van der Waals surface area contributed by atoms with Crippen molar-refractivity contribution in [2.45, 2.75) is 19.1 Å². The molecule has 0 spiro atoms. The first kappa shape index (κ1) is 20.9. The zero-order chi connectivity index (χ0) is 16.9. The molecule has 0 amide bonds. The van der Waals surface area contributed by atoms with Crippen molar-refractivity contribution >= 4 is 45.7 Å². The fourth-order valence-electron chi connectivity index (χ4n) is 2.21. The lowest BCUT2D eigenvalue weighted by molar-refractivity contribution is 0.378. The van der Waals surface area contributed by atoms with Crippen LogP contribution in [0.4, 0.5) is 5.95 Å². The monoisotopic (exact) mass is 468 g/mol. The van der Waals surface area contributed by atoms with E-state index in [9.17, 15) is 8.42 Å². The highest BCUT2D eigenvalue weighted by molar-refractivity contribution is 14.0. The van der Waals surface area contributed by atoms with Crippen LogP contribution in [-0.4, -0.2) is 73.0 Å². The topological polar surface area (TPSA) is 105 Å². The van der Waals surface area contributed by atoms with E-state index in [4.69, 9.17) is 5.73 Å². The van der Waals surface area contributed by atoms with Gasteiger partial charge in [0, 0.05) is 38.6 Å². The van der Waals surface area contributed by atoms with Crippen LogP contribution in [0.3, 0.4) is 0 Å². The molecule has 0 aliphatic carbocycles. The number of hydrogen-bond donors (Lipinski definition) is 1. The predicted molar refractivity (Wildman–Crippen MR) is 107 cm³/mol. The predicted octanol–water partition coefficient (Wildman–Crippen LogP) is 0.355. The van der Waals surface area contributed by atoms with Crippen molar-refractivity contribution in [2.75, 3.05) is 43.4 Å². The number of aliphatic imine (C=N–C) groups is 1. The third-order valence-corrected chi connectivity index (χ3v) is 5.99. The third kappa shape index (κ3) is 5.72. The summed E-state index contributed by atoms with van der Waals surface area (Å²) in [6.45, 7) is 6.49. The van der Waals surface area contributed by atoms with Crippen molar-refractivity contribution in [3.63, 3.8) is 0 Å². The normalized spacial score (nSPS) is 16.2. The number of nitrogens with two attached hydrogens (primary N) is 1. The maximum absolute atomic E-state index is 11.7. The highest BCUT2D eigenvalue weighted by Gasteiger charge is 2.20. The first-order valence-electron chi connectivity index (χ1n) is 7.68. The average Bonchev–Trinajstić information content (AvgIpc) is 2.55. The summed E-state index contributed by atoms with van der Waals surface area (Å²) in [5, 5.41) is -0.381. The van der Waals surface area contributed by atoms with E-state index in [1.807, 2.05) is 4.90 Å². The van der Waals surface area contributed by atoms with Gasteiger partial charge in [-0.25, -0.2) is 18.4 Å². The van der Waals surface area contributed by atoms with Crippen LogP contribution in [0.1, 0.15) is 13.8 Å². The van der Waals surface area contributed by atoms with E-state index < -0.39 is 9.84 Å². The number of nitrogens with zero attached hydrogens (tertiary/aromatic N) is 5. The van der Waals surface area contributed by atoms with Crippen LogP contribution in [0.15, 0.2) is 23.5 Å². The van der Waals surface area contributed by atoms with E-state index in [1.165, 1.54) is 0 Å². The largest absolute Gasteiger partial charge is 0.370 e. The number of hydrogen-bond acceptors (Lipinski definition) is 6. The Kier molecular flexibility index (Phi) is 8.13. The molecule has 1 fully saturated rings. The summed E-state index contributed by atoms with van der Waals surface area (Å²) >= 11 is 0. The molecule has 1 aromatic rings. The van der Waals surface area contributed by atoms with Crippen molar-refractivity contribution in [1.29, 1.82) is 0 Å². The van der Waals surface area contributed by atoms with E-state index in [2.05, 4.69) is 19.9 Å². The van der Waals surface area contributed by atoms with Crippen LogP contribution in [-0.2, 0) is 9.84 Å². The van der Waals surface area contributed by atoms with E-state index in [0.717, 1.165) is 13.1 Å². The maximum atomic E-state index is 11.7. The Morgan fingerprint density at radius 3 is 2.38 bits per heavy atom. The van der Waals surface area contributed by atoms with E-state index >= 15 is 0 Å². The summed E-state index contributed by atoms with van der Waals surface area (Å²) in [4.78, 5) is 16.7. The van der Waals surface area contributed by atoms with Gasteiger partial charge in [0.1, 0.15) is 0 Å². The Balaban J connectivity index is 0.00000288. The SMILES string of the molecule is CC(C)S(=O)(=O)CCN=C(N)N1CCN(c2ncccn2)CC1.I. The van der Waals surface area contributed by atoms with Gasteiger partial charge in [-0.05, 0) is 19.9 Å². The van der Waals surface area contributed by atoms with Gasteiger partial charge in [0.05, 0.1) is 17.5 Å². The van der Waals surface area contributed by atoms with E-state index in [-0.39, 0.29) is 41.5 Å². The quantitative estimate of drug-likeness (QED) is 0.378. The fraction of sp³-hybridized carbons (Fsp3) is 0.643. The molecule has 1 aliphatic heterocycles. The van der Waals surface area contributed by atoms with Gasteiger partial charge < -0.3 is 15.5 Å². The number of halogens is 1. The van der Waals surface area contributed by atoms with Crippen molar-refractivity contribution < 1.29 is 8.42 Å². The van der Waals surface area contributed by atoms with Crippen LogP contribution in [0.2, 0.25) is 0 Å². The Bertz CT molecular complexity index is 630. The van der Waals surface area contributed by atoms with Crippen LogP contribution in [0, 0.1) is 0 Å². The van der Waals surface area contributed by atoms with Gasteiger partial charge in [-0.3, -0.25) is 4.99 Å². The average molecular weight is 468 g/mol. The molecule has 1 saturated heterocycles. The smallest absolute Gasteiger partial charge is 0.225 e. The maximum Gasteiger partial charge on any atom is 0.225 e. The highest BCUT2D eigenvalue weighted by Crippen LogP contribution is 2.09. The fourth-order valence-corrected chi connectivity index (χ4v) is 3.03. The lowest BCUT2D eigenvalue weighted by Crippen LogP contribution is -2.51. The van der Waals surface area contributed by atoms with Gasteiger partial charge in [-0.2, -0.15) is 0 Å². The summed E-state index contributed by atoms with van der Waals surface area (Å²) in [5.74, 6) is 1.15. The van der Waals surface area contributed by atoms with E-state index in [1.54, 1.807) is 32.3 Å². The van der Waals surface area contributed by atoms with Gasteiger partial charge >= 0.3 is 0 Å². The van der Waals surface area contributed by atoms with Gasteiger partial charge in [-0.15, -0.1) is 24.0 Å².